The highest BCUT2D eigenvalue weighted by Crippen LogP contribution is 2.30. The number of carbonyl (C=O) groups excluding carboxylic acids is 1. The fraction of sp³-hybridized carbons (Fsp3) is 0.333. The summed E-state index contributed by atoms with van der Waals surface area (Å²) in [6.07, 6.45) is 4.46. The Kier molecular flexibility index (Phi) is 5.41. The van der Waals surface area contributed by atoms with Crippen LogP contribution in [0.3, 0.4) is 0 Å². The van der Waals surface area contributed by atoms with Crippen LogP contribution in [0.1, 0.15) is 43.5 Å². The van der Waals surface area contributed by atoms with Crippen LogP contribution in [0.2, 0.25) is 0 Å². The maximum atomic E-state index is 14.4. The van der Waals surface area contributed by atoms with Crippen molar-refractivity contribution in [1.29, 1.82) is 0 Å². The number of carbonyl (C=O) groups is 1. The Bertz CT molecular complexity index is 1170. The molecule has 0 unspecified atom stereocenters. The predicted molar refractivity (Wildman–Crippen MR) is 113 cm³/mol. The van der Waals surface area contributed by atoms with Gasteiger partial charge in [-0.05, 0) is 36.5 Å². The fourth-order valence-corrected chi connectivity index (χ4v) is 4.36. The summed E-state index contributed by atoms with van der Waals surface area (Å²) in [6.45, 7) is 4.33. The molecule has 1 saturated carbocycles. The monoisotopic (exact) mass is 410 g/mol. The first-order chi connectivity index (χ1) is 14.4. The van der Waals surface area contributed by atoms with Gasteiger partial charge in [-0.3, -0.25) is 14.2 Å². The lowest BCUT2D eigenvalue weighted by Gasteiger charge is -2.34. The van der Waals surface area contributed by atoms with Crippen molar-refractivity contribution >= 4 is 16.7 Å². The summed E-state index contributed by atoms with van der Waals surface area (Å²) in [5, 5.41) is 3.94. The average molecular weight is 410 g/mol. The van der Waals surface area contributed by atoms with Crippen LogP contribution in [0.4, 0.5) is 8.78 Å². The Labute approximate surface area is 173 Å². The van der Waals surface area contributed by atoms with E-state index in [1.54, 1.807) is 24.3 Å². The molecule has 1 heterocycles. The van der Waals surface area contributed by atoms with E-state index in [0.717, 1.165) is 36.0 Å². The highest BCUT2D eigenvalue weighted by Gasteiger charge is 2.29. The zero-order valence-electron chi connectivity index (χ0n) is 17.0. The number of fused-ring (bicyclic) bond motifs is 1. The van der Waals surface area contributed by atoms with Crippen molar-refractivity contribution in [2.45, 2.75) is 39.2 Å². The number of nitrogens with one attached hydrogen (secondary N) is 1. The highest BCUT2D eigenvalue weighted by atomic mass is 19.1. The van der Waals surface area contributed by atoms with Crippen molar-refractivity contribution in [3.63, 3.8) is 0 Å². The molecule has 2 aromatic carbocycles. The van der Waals surface area contributed by atoms with E-state index in [-0.39, 0.29) is 17.6 Å². The molecule has 1 fully saturated rings. The van der Waals surface area contributed by atoms with Gasteiger partial charge in [0.1, 0.15) is 11.6 Å². The number of amides is 1. The fourth-order valence-electron chi connectivity index (χ4n) is 4.36. The van der Waals surface area contributed by atoms with E-state index in [0.29, 0.717) is 28.2 Å². The molecule has 1 aliphatic carbocycles. The topological polar surface area (TPSA) is 51.1 Å². The molecule has 3 aromatic rings. The van der Waals surface area contributed by atoms with Crippen LogP contribution in [-0.4, -0.2) is 16.5 Å². The predicted octanol–water partition coefficient (Wildman–Crippen LogP) is 4.82. The third kappa shape index (κ3) is 3.62. The number of rotatable bonds is 3. The number of halogens is 2. The van der Waals surface area contributed by atoms with E-state index >= 15 is 0 Å². The van der Waals surface area contributed by atoms with Crippen molar-refractivity contribution in [3.05, 3.63) is 76.2 Å². The van der Waals surface area contributed by atoms with Crippen molar-refractivity contribution in [1.82, 2.24) is 9.88 Å². The molecule has 0 bridgehead atoms. The first kappa shape index (κ1) is 20.3. The molecular formula is C24H24F2N2O2. The molecule has 1 N–H and O–H groups in total. The van der Waals surface area contributed by atoms with Crippen LogP contribution in [0.5, 0.6) is 0 Å². The smallest absolute Gasteiger partial charge is 0.263 e. The second kappa shape index (κ2) is 8.01. The number of pyridine rings is 1. The van der Waals surface area contributed by atoms with Gasteiger partial charge in [-0.25, -0.2) is 8.78 Å². The molecule has 1 amide bonds. The zero-order chi connectivity index (χ0) is 21.4. The van der Waals surface area contributed by atoms with Crippen LogP contribution >= 0.6 is 0 Å². The Morgan fingerprint density at radius 3 is 2.53 bits per heavy atom. The normalized spacial score (nSPS) is 21.5. The Morgan fingerprint density at radius 2 is 1.80 bits per heavy atom. The van der Waals surface area contributed by atoms with Crippen LogP contribution < -0.4 is 10.9 Å². The summed E-state index contributed by atoms with van der Waals surface area (Å²) in [7, 11) is 0. The molecule has 4 nitrogen and oxygen atoms in total. The number of aromatic nitrogens is 1. The molecule has 0 spiro atoms. The van der Waals surface area contributed by atoms with Gasteiger partial charge in [0.25, 0.3) is 11.5 Å². The molecule has 0 radical (unpaired) electrons. The van der Waals surface area contributed by atoms with E-state index in [9.17, 15) is 18.4 Å². The Hall–Kier alpha value is -3.02. The largest absolute Gasteiger partial charge is 0.349 e. The van der Waals surface area contributed by atoms with Gasteiger partial charge in [0.2, 0.25) is 0 Å². The van der Waals surface area contributed by atoms with Crippen molar-refractivity contribution in [2.75, 3.05) is 0 Å². The van der Waals surface area contributed by atoms with Crippen molar-refractivity contribution in [2.24, 2.45) is 11.8 Å². The maximum Gasteiger partial charge on any atom is 0.263 e. The molecule has 0 aliphatic heterocycles. The lowest BCUT2D eigenvalue weighted by molar-refractivity contribution is 0.0892. The quantitative estimate of drug-likeness (QED) is 0.673. The minimum Gasteiger partial charge on any atom is -0.349 e. The summed E-state index contributed by atoms with van der Waals surface area (Å²) in [5.74, 6) is -1.04. The van der Waals surface area contributed by atoms with Gasteiger partial charge in [0.05, 0.1) is 11.3 Å². The zero-order valence-corrected chi connectivity index (χ0v) is 17.0. The van der Waals surface area contributed by atoms with Gasteiger partial charge in [0, 0.05) is 29.1 Å². The first-order valence-electron chi connectivity index (χ1n) is 10.3. The lowest BCUT2D eigenvalue weighted by atomic mass is 9.78. The number of hydrogen-bond acceptors (Lipinski definition) is 2. The molecule has 0 saturated heterocycles. The van der Waals surface area contributed by atoms with Gasteiger partial charge in [-0.1, -0.05) is 44.9 Å². The van der Waals surface area contributed by atoms with E-state index in [1.165, 1.54) is 12.3 Å². The lowest BCUT2D eigenvalue weighted by Crippen LogP contribution is -2.44. The summed E-state index contributed by atoms with van der Waals surface area (Å²) in [5.41, 5.74) is -0.271. The van der Waals surface area contributed by atoms with Crippen molar-refractivity contribution in [3.8, 4) is 5.69 Å². The van der Waals surface area contributed by atoms with Gasteiger partial charge in [-0.2, -0.15) is 0 Å². The molecule has 3 atom stereocenters. The Balaban J connectivity index is 1.82. The second-order valence-corrected chi connectivity index (χ2v) is 8.21. The van der Waals surface area contributed by atoms with Crippen LogP contribution in [-0.2, 0) is 0 Å². The van der Waals surface area contributed by atoms with Gasteiger partial charge < -0.3 is 5.32 Å². The Morgan fingerprint density at radius 1 is 1.07 bits per heavy atom. The first-order valence-corrected chi connectivity index (χ1v) is 10.3. The van der Waals surface area contributed by atoms with E-state index in [2.05, 4.69) is 19.2 Å². The van der Waals surface area contributed by atoms with Crippen molar-refractivity contribution < 1.29 is 13.6 Å². The summed E-state index contributed by atoms with van der Waals surface area (Å²) in [6, 6.07) is 9.83. The number of nitrogens with zero attached hydrogens (tertiary/aromatic N) is 1. The standard InChI is InChI=1S/C24H24F2N2O2/c1-14-6-5-9-21(15(14)2)27-23(29)19-13-28(22-11-10-16(25)12-20(22)26)24(30)18-8-4-3-7-17(18)19/h3-4,7-8,10-15,21H,5-6,9H2,1-2H3,(H,27,29)/t14-,15+,21+/m1/s1. The molecule has 30 heavy (non-hydrogen) atoms. The summed E-state index contributed by atoms with van der Waals surface area (Å²) < 4.78 is 28.9. The van der Waals surface area contributed by atoms with Gasteiger partial charge in [0.15, 0.2) is 0 Å². The third-order valence-electron chi connectivity index (χ3n) is 6.36. The van der Waals surface area contributed by atoms with E-state index in [4.69, 9.17) is 0 Å². The highest BCUT2D eigenvalue weighted by molar-refractivity contribution is 6.06. The SMILES string of the molecule is C[C@H]1[C@H](C)CCC[C@@H]1NC(=O)c1cn(-c2ccc(F)cc2F)c(=O)c2ccccc12. The van der Waals surface area contributed by atoms with E-state index < -0.39 is 17.2 Å². The molecular weight excluding hydrogens is 386 g/mol. The van der Waals surface area contributed by atoms with Crippen LogP contribution in [0.15, 0.2) is 53.5 Å². The molecule has 6 heteroatoms. The molecule has 156 valence electrons. The maximum absolute atomic E-state index is 14.4. The number of benzene rings is 2. The summed E-state index contributed by atoms with van der Waals surface area (Å²) >= 11 is 0. The van der Waals surface area contributed by atoms with Gasteiger partial charge >= 0.3 is 0 Å². The second-order valence-electron chi connectivity index (χ2n) is 8.21. The number of hydrogen-bond donors (Lipinski definition) is 1. The summed E-state index contributed by atoms with van der Waals surface area (Å²) in [4.78, 5) is 26.2. The van der Waals surface area contributed by atoms with Gasteiger partial charge in [-0.15, -0.1) is 0 Å². The molecule has 1 aliphatic rings. The molecule has 4 rings (SSSR count). The van der Waals surface area contributed by atoms with E-state index in [1.807, 2.05) is 0 Å². The average Bonchev–Trinajstić information content (AvgIpc) is 2.72. The van der Waals surface area contributed by atoms with Crippen LogP contribution in [0.25, 0.3) is 16.5 Å². The third-order valence-corrected chi connectivity index (χ3v) is 6.36. The minimum atomic E-state index is -0.867. The van der Waals surface area contributed by atoms with Crippen LogP contribution in [0, 0.1) is 23.5 Å². The minimum absolute atomic E-state index is 0.0444. The molecule has 1 aromatic heterocycles.